The van der Waals surface area contributed by atoms with Gasteiger partial charge in [0.25, 0.3) is 0 Å². The zero-order chi connectivity index (χ0) is 10.5. The van der Waals surface area contributed by atoms with Crippen molar-refractivity contribution < 1.29 is 0 Å². The van der Waals surface area contributed by atoms with E-state index >= 15 is 0 Å². The third kappa shape index (κ3) is 1.40. The summed E-state index contributed by atoms with van der Waals surface area (Å²) in [5.41, 5.74) is 3.02. The van der Waals surface area contributed by atoms with Crippen LogP contribution in [0.2, 0.25) is 5.02 Å². The Morgan fingerprint density at radius 1 is 1.47 bits per heavy atom. The Balaban J connectivity index is 2.11. The minimum absolute atomic E-state index is 0.188. The second-order valence-electron chi connectivity index (χ2n) is 4.73. The van der Waals surface area contributed by atoms with Gasteiger partial charge in [0, 0.05) is 18.1 Å². The molecule has 1 atom stereocenters. The van der Waals surface area contributed by atoms with E-state index in [1.54, 1.807) is 0 Å². The van der Waals surface area contributed by atoms with Crippen LogP contribution in [0.5, 0.6) is 0 Å². The van der Waals surface area contributed by atoms with E-state index in [0.717, 1.165) is 24.7 Å². The normalized spacial score (nSPS) is 30.0. The van der Waals surface area contributed by atoms with Gasteiger partial charge in [-0.25, -0.2) is 0 Å². The van der Waals surface area contributed by atoms with Crippen LogP contribution in [0.1, 0.15) is 17.5 Å². The number of rotatable bonds is 0. The molecule has 80 valence electrons. The van der Waals surface area contributed by atoms with Crippen molar-refractivity contribution >= 4 is 11.6 Å². The number of fused-ring (bicyclic) bond motifs is 2. The van der Waals surface area contributed by atoms with Gasteiger partial charge < -0.3 is 5.32 Å². The number of nitrogens with zero attached hydrogens (tertiary/aromatic N) is 1. The molecule has 2 heterocycles. The number of halogens is 1. The predicted octanol–water partition coefficient (Wildman–Crippen LogP) is 1.97. The van der Waals surface area contributed by atoms with E-state index in [4.69, 9.17) is 11.6 Å². The summed E-state index contributed by atoms with van der Waals surface area (Å²) >= 11 is 6.08. The highest BCUT2D eigenvalue weighted by molar-refractivity contribution is 6.30. The molecule has 2 aliphatic heterocycles. The summed E-state index contributed by atoms with van der Waals surface area (Å²) in [6, 6.07) is 6.29. The van der Waals surface area contributed by atoms with Crippen molar-refractivity contribution in [2.24, 2.45) is 0 Å². The van der Waals surface area contributed by atoms with E-state index in [1.165, 1.54) is 17.5 Å². The van der Waals surface area contributed by atoms with Crippen LogP contribution in [0, 0.1) is 0 Å². The number of hydrogen-bond donors (Lipinski definition) is 1. The molecule has 1 unspecified atom stereocenters. The van der Waals surface area contributed by atoms with Crippen molar-refractivity contribution in [3.8, 4) is 0 Å². The van der Waals surface area contributed by atoms with Gasteiger partial charge in [-0.2, -0.15) is 0 Å². The Morgan fingerprint density at radius 3 is 2.93 bits per heavy atom. The number of benzene rings is 1. The van der Waals surface area contributed by atoms with Crippen LogP contribution in [-0.4, -0.2) is 25.0 Å². The van der Waals surface area contributed by atoms with Crippen molar-refractivity contribution in [2.45, 2.75) is 18.5 Å². The highest BCUT2D eigenvalue weighted by Gasteiger charge is 2.43. The van der Waals surface area contributed by atoms with Gasteiger partial charge in [0.15, 0.2) is 0 Å². The molecule has 1 fully saturated rings. The summed E-state index contributed by atoms with van der Waals surface area (Å²) in [5, 5.41) is 4.43. The van der Waals surface area contributed by atoms with Crippen LogP contribution >= 0.6 is 11.6 Å². The summed E-state index contributed by atoms with van der Waals surface area (Å²) < 4.78 is 0. The summed E-state index contributed by atoms with van der Waals surface area (Å²) in [6.07, 6.45) is 1.23. The number of hydrogen-bond acceptors (Lipinski definition) is 2. The Kier molecular flexibility index (Phi) is 2.06. The van der Waals surface area contributed by atoms with Crippen molar-refractivity contribution in [3.05, 3.63) is 34.3 Å². The van der Waals surface area contributed by atoms with E-state index in [0.29, 0.717) is 0 Å². The molecule has 0 bridgehead atoms. The van der Waals surface area contributed by atoms with Crippen LogP contribution in [0.15, 0.2) is 18.2 Å². The van der Waals surface area contributed by atoms with Crippen LogP contribution < -0.4 is 5.32 Å². The summed E-state index contributed by atoms with van der Waals surface area (Å²) in [7, 11) is 2.18. The minimum atomic E-state index is 0.188. The van der Waals surface area contributed by atoms with E-state index in [9.17, 15) is 0 Å². The molecule has 3 rings (SSSR count). The fourth-order valence-electron chi connectivity index (χ4n) is 2.82. The molecule has 1 aromatic carbocycles. The molecule has 1 aromatic rings. The minimum Gasteiger partial charge on any atom is -0.306 e. The Morgan fingerprint density at radius 2 is 2.27 bits per heavy atom. The van der Waals surface area contributed by atoms with Crippen molar-refractivity contribution in [3.63, 3.8) is 0 Å². The molecule has 1 spiro atoms. The monoisotopic (exact) mass is 222 g/mol. The molecule has 15 heavy (non-hydrogen) atoms. The first-order chi connectivity index (χ1) is 7.20. The van der Waals surface area contributed by atoms with Gasteiger partial charge in [0.05, 0.1) is 5.54 Å². The lowest BCUT2D eigenvalue weighted by atomic mass is 9.76. The third-order valence-corrected chi connectivity index (χ3v) is 3.82. The molecule has 2 aliphatic rings. The molecule has 0 aliphatic carbocycles. The van der Waals surface area contributed by atoms with E-state index in [-0.39, 0.29) is 5.54 Å². The van der Waals surface area contributed by atoms with Gasteiger partial charge in [0.1, 0.15) is 0 Å². The zero-order valence-corrected chi connectivity index (χ0v) is 9.64. The van der Waals surface area contributed by atoms with Crippen molar-refractivity contribution in [2.75, 3.05) is 20.1 Å². The molecule has 0 amide bonds. The summed E-state index contributed by atoms with van der Waals surface area (Å²) in [4.78, 5) is 2.38. The highest BCUT2D eigenvalue weighted by atomic mass is 35.5. The smallest absolute Gasteiger partial charge is 0.0579 e. The lowest BCUT2D eigenvalue weighted by Crippen LogP contribution is -2.61. The van der Waals surface area contributed by atoms with Gasteiger partial charge in [0.2, 0.25) is 0 Å². The SMILES string of the molecule is CN1Cc2ccc(Cl)cc2C2(CCN2)C1. The highest BCUT2D eigenvalue weighted by Crippen LogP contribution is 2.39. The molecule has 3 heteroatoms. The quantitative estimate of drug-likeness (QED) is 0.722. The van der Waals surface area contributed by atoms with Crippen molar-refractivity contribution in [1.29, 1.82) is 0 Å². The molecule has 0 radical (unpaired) electrons. The Hall–Kier alpha value is -0.570. The van der Waals surface area contributed by atoms with Crippen LogP contribution in [0.4, 0.5) is 0 Å². The molecule has 0 aromatic heterocycles. The second kappa shape index (κ2) is 3.21. The number of likely N-dealkylation sites (N-methyl/N-ethyl adjacent to an activating group) is 1. The molecular weight excluding hydrogens is 208 g/mol. The standard InChI is InChI=1S/C12H15ClN2/c1-15-7-9-2-3-10(13)6-11(9)12(8-15)4-5-14-12/h2-3,6,14H,4-5,7-8H2,1H3. The van der Waals surface area contributed by atoms with Crippen LogP contribution in [-0.2, 0) is 12.1 Å². The Bertz CT molecular complexity index is 399. The first-order valence-electron chi connectivity index (χ1n) is 5.42. The summed E-state index contributed by atoms with van der Waals surface area (Å²) in [5.74, 6) is 0. The second-order valence-corrected chi connectivity index (χ2v) is 5.17. The largest absolute Gasteiger partial charge is 0.306 e. The number of nitrogens with one attached hydrogen (secondary N) is 1. The first-order valence-corrected chi connectivity index (χ1v) is 5.80. The van der Waals surface area contributed by atoms with E-state index in [2.05, 4.69) is 29.4 Å². The Labute approximate surface area is 95.2 Å². The van der Waals surface area contributed by atoms with Gasteiger partial charge in [-0.3, -0.25) is 4.90 Å². The lowest BCUT2D eigenvalue weighted by Gasteiger charge is -2.50. The maximum Gasteiger partial charge on any atom is 0.0579 e. The van der Waals surface area contributed by atoms with Gasteiger partial charge >= 0.3 is 0 Å². The first kappa shape index (κ1) is 9.64. The summed E-state index contributed by atoms with van der Waals surface area (Å²) in [6.45, 7) is 3.26. The molecule has 1 saturated heterocycles. The molecule has 1 N–H and O–H groups in total. The van der Waals surface area contributed by atoms with Crippen LogP contribution in [0.25, 0.3) is 0 Å². The third-order valence-electron chi connectivity index (χ3n) is 3.58. The predicted molar refractivity (Wildman–Crippen MR) is 62.1 cm³/mol. The molecule has 2 nitrogen and oxygen atoms in total. The topological polar surface area (TPSA) is 15.3 Å². The molecule has 0 saturated carbocycles. The fourth-order valence-corrected chi connectivity index (χ4v) is 2.99. The van der Waals surface area contributed by atoms with Crippen LogP contribution in [0.3, 0.4) is 0 Å². The van der Waals surface area contributed by atoms with E-state index in [1.807, 2.05) is 6.07 Å². The maximum atomic E-state index is 6.08. The van der Waals surface area contributed by atoms with Gasteiger partial charge in [-0.15, -0.1) is 0 Å². The van der Waals surface area contributed by atoms with E-state index < -0.39 is 0 Å². The molecular formula is C12H15ClN2. The fraction of sp³-hybridized carbons (Fsp3) is 0.500. The average molecular weight is 223 g/mol. The average Bonchev–Trinajstić information content (AvgIpc) is 2.15. The maximum absolute atomic E-state index is 6.08. The van der Waals surface area contributed by atoms with Crippen molar-refractivity contribution in [1.82, 2.24) is 10.2 Å². The van der Waals surface area contributed by atoms with Gasteiger partial charge in [-0.1, -0.05) is 17.7 Å². The van der Waals surface area contributed by atoms with Gasteiger partial charge in [-0.05, 0) is 43.3 Å². The zero-order valence-electron chi connectivity index (χ0n) is 8.89. The lowest BCUT2D eigenvalue weighted by molar-refractivity contribution is 0.114.